The molecule has 1 aromatic rings. The van der Waals surface area contributed by atoms with Crippen molar-refractivity contribution in [3.8, 4) is 0 Å². The van der Waals surface area contributed by atoms with Crippen LogP contribution in [0.2, 0.25) is 0 Å². The molecule has 1 aromatic heterocycles. The highest BCUT2D eigenvalue weighted by molar-refractivity contribution is 5.95. The van der Waals surface area contributed by atoms with Gasteiger partial charge in [0.2, 0.25) is 0 Å². The Morgan fingerprint density at radius 3 is 3.00 bits per heavy atom. The summed E-state index contributed by atoms with van der Waals surface area (Å²) < 4.78 is 0. The Hall–Kier alpha value is -1.58. The second kappa shape index (κ2) is 5.66. The highest BCUT2D eigenvalue weighted by atomic mass is 16.1. The Balaban J connectivity index is 1.96. The van der Waals surface area contributed by atoms with Crippen LogP contribution in [-0.2, 0) is 0 Å². The quantitative estimate of drug-likeness (QED) is 0.819. The van der Waals surface area contributed by atoms with E-state index in [4.69, 9.17) is 0 Å². The summed E-state index contributed by atoms with van der Waals surface area (Å²) in [6, 6.07) is 3.94. The van der Waals surface area contributed by atoms with Crippen molar-refractivity contribution in [2.75, 3.05) is 11.9 Å². The molecule has 92 valence electrons. The molecule has 0 unspecified atom stereocenters. The molecule has 0 spiro atoms. The lowest BCUT2D eigenvalue weighted by Crippen LogP contribution is -2.39. The molecule has 1 saturated carbocycles. The SMILES string of the molecule is CCCNc1cc(C(=O)NC2CCC2)ccn1. The van der Waals surface area contributed by atoms with Gasteiger partial charge in [-0.2, -0.15) is 0 Å². The first-order chi connectivity index (χ1) is 8.29. The number of carbonyl (C=O) groups is 1. The fourth-order valence-electron chi connectivity index (χ4n) is 1.74. The molecule has 4 nitrogen and oxygen atoms in total. The van der Waals surface area contributed by atoms with Crippen molar-refractivity contribution in [3.05, 3.63) is 23.9 Å². The number of hydrogen-bond acceptors (Lipinski definition) is 3. The molecule has 17 heavy (non-hydrogen) atoms. The van der Waals surface area contributed by atoms with Crippen LogP contribution in [0.5, 0.6) is 0 Å². The normalized spacial score (nSPS) is 15.1. The number of amides is 1. The van der Waals surface area contributed by atoms with Gasteiger partial charge in [-0.15, -0.1) is 0 Å². The molecule has 1 amide bonds. The molecule has 0 aliphatic heterocycles. The van der Waals surface area contributed by atoms with E-state index in [1.807, 2.05) is 6.07 Å². The first-order valence-electron chi connectivity index (χ1n) is 6.30. The number of nitrogens with one attached hydrogen (secondary N) is 2. The predicted molar refractivity (Wildman–Crippen MR) is 68.1 cm³/mol. The topological polar surface area (TPSA) is 54.0 Å². The summed E-state index contributed by atoms with van der Waals surface area (Å²) in [5.74, 6) is 0.782. The van der Waals surface area contributed by atoms with Gasteiger partial charge in [0, 0.05) is 24.3 Å². The largest absolute Gasteiger partial charge is 0.370 e. The van der Waals surface area contributed by atoms with Crippen LogP contribution in [0.3, 0.4) is 0 Å². The Bertz CT molecular complexity index is 388. The van der Waals surface area contributed by atoms with Gasteiger partial charge in [0.1, 0.15) is 5.82 Å². The lowest BCUT2D eigenvalue weighted by Gasteiger charge is -2.26. The zero-order valence-corrected chi connectivity index (χ0v) is 10.2. The van der Waals surface area contributed by atoms with Crippen LogP contribution in [0.1, 0.15) is 43.0 Å². The minimum absolute atomic E-state index is 0.0108. The van der Waals surface area contributed by atoms with Crippen molar-refractivity contribution >= 4 is 11.7 Å². The zero-order chi connectivity index (χ0) is 12.1. The van der Waals surface area contributed by atoms with E-state index in [0.29, 0.717) is 11.6 Å². The van der Waals surface area contributed by atoms with Gasteiger partial charge in [-0.3, -0.25) is 4.79 Å². The number of rotatable bonds is 5. The van der Waals surface area contributed by atoms with Gasteiger partial charge >= 0.3 is 0 Å². The molecule has 0 bridgehead atoms. The van der Waals surface area contributed by atoms with E-state index in [-0.39, 0.29) is 5.91 Å². The smallest absolute Gasteiger partial charge is 0.251 e. The Morgan fingerprint density at radius 1 is 1.53 bits per heavy atom. The molecular weight excluding hydrogens is 214 g/mol. The number of anilines is 1. The monoisotopic (exact) mass is 233 g/mol. The van der Waals surface area contributed by atoms with Crippen LogP contribution < -0.4 is 10.6 Å². The first-order valence-corrected chi connectivity index (χ1v) is 6.30. The van der Waals surface area contributed by atoms with Crippen molar-refractivity contribution in [1.29, 1.82) is 0 Å². The van der Waals surface area contributed by atoms with Crippen molar-refractivity contribution in [1.82, 2.24) is 10.3 Å². The number of nitrogens with zero attached hydrogens (tertiary/aromatic N) is 1. The maximum atomic E-state index is 11.9. The summed E-state index contributed by atoms with van der Waals surface area (Å²) in [4.78, 5) is 16.1. The summed E-state index contributed by atoms with van der Waals surface area (Å²) in [5, 5.41) is 6.20. The summed E-state index contributed by atoms with van der Waals surface area (Å²) >= 11 is 0. The third kappa shape index (κ3) is 3.19. The van der Waals surface area contributed by atoms with Crippen LogP contribution in [0, 0.1) is 0 Å². The second-order valence-corrected chi connectivity index (χ2v) is 4.46. The molecule has 1 heterocycles. The van der Waals surface area contributed by atoms with Gasteiger partial charge in [0.15, 0.2) is 0 Å². The van der Waals surface area contributed by atoms with Crippen molar-refractivity contribution in [2.45, 2.75) is 38.6 Å². The lowest BCUT2D eigenvalue weighted by molar-refractivity contribution is 0.0917. The van der Waals surface area contributed by atoms with Gasteiger partial charge in [0.25, 0.3) is 5.91 Å². The van der Waals surface area contributed by atoms with Crippen molar-refractivity contribution in [3.63, 3.8) is 0 Å². The van der Waals surface area contributed by atoms with Crippen LogP contribution >= 0.6 is 0 Å². The van der Waals surface area contributed by atoms with Crippen LogP contribution in [0.25, 0.3) is 0 Å². The molecule has 0 radical (unpaired) electrons. The van der Waals surface area contributed by atoms with Gasteiger partial charge in [-0.1, -0.05) is 6.92 Å². The van der Waals surface area contributed by atoms with Crippen molar-refractivity contribution < 1.29 is 4.79 Å². The minimum atomic E-state index is 0.0108. The van der Waals surface area contributed by atoms with E-state index >= 15 is 0 Å². The number of aromatic nitrogens is 1. The average Bonchev–Trinajstić information content (AvgIpc) is 2.31. The zero-order valence-electron chi connectivity index (χ0n) is 10.2. The molecule has 2 rings (SSSR count). The predicted octanol–water partition coefficient (Wildman–Crippen LogP) is 2.19. The fourth-order valence-corrected chi connectivity index (χ4v) is 1.74. The molecule has 0 saturated heterocycles. The van der Waals surface area contributed by atoms with E-state index in [0.717, 1.165) is 31.6 Å². The third-order valence-corrected chi connectivity index (χ3v) is 3.02. The van der Waals surface area contributed by atoms with Crippen LogP contribution in [0.4, 0.5) is 5.82 Å². The summed E-state index contributed by atoms with van der Waals surface area (Å²) in [6.07, 6.45) is 6.16. The van der Waals surface area contributed by atoms with E-state index in [9.17, 15) is 4.79 Å². The summed E-state index contributed by atoms with van der Waals surface area (Å²) in [5.41, 5.74) is 0.686. The van der Waals surface area contributed by atoms with Gasteiger partial charge in [0.05, 0.1) is 0 Å². The van der Waals surface area contributed by atoms with E-state index in [1.165, 1.54) is 6.42 Å². The maximum absolute atomic E-state index is 11.9. The van der Waals surface area contributed by atoms with Crippen molar-refractivity contribution in [2.24, 2.45) is 0 Å². The molecule has 1 aliphatic rings. The van der Waals surface area contributed by atoms with Gasteiger partial charge in [-0.25, -0.2) is 4.98 Å². The lowest BCUT2D eigenvalue weighted by atomic mass is 9.93. The first kappa shape index (κ1) is 11.9. The van der Waals surface area contributed by atoms with Gasteiger partial charge in [-0.05, 0) is 37.8 Å². The minimum Gasteiger partial charge on any atom is -0.370 e. The number of carbonyl (C=O) groups excluding carboxylic acids is 1. The Labute approximate surface area is 102 Å². The third-order valence-electron chi connectivity index (χ3n) is 3.02. The molecule has 1 aliphatic carbocycles. The molecule has 0 aromatic carbocycles. The highest BCUT2D eigenvalue weighted by Crippen LogP contribution is 2.18. The molecule has 2 N–H and O–H groups in total. The Morgan fingerprint density at radius 2 is 2.35 bits per heavy atom. The number of hydrogen-bond donors (Lipinski definition) is 2. The maximum Gasteiger partial charge on any atom is 0.251 e. The van der Waals surface area contributed by atoms with E-state index in [2.05, 4.69) is 22.5 Å². The summed E-state index contributed by atoms with van der Waals surface area (Å²) in [7, 11) is 0. The Kier molecular flexibility index (Phi) is 3.96. The summed E-state index contributed by atoms with van der Waals surface area (Å²) in [6.45, 7) is 2.97. The molecule has 4 heteroatoms. The van der Waals surface area contributed by atoms with Gasteiger partial charge < -0.3 is 10.6 Å². The molecule has 0 atom stereocenters. The standard InChI is InChI=1S/C13H19N3O/c1-2-7-14-12-9-10(6-8-15-12)13(17)16-11-4-3-5-11/h6,8-9,11H,2-5,7H2,1H3,(H,14,15)(H,16,17). The highest BCUT2D eigenvalue weighted by Gasteiger charge is 2.20. The number of pyridine rings is 1. The molecular formula is C13H19N3O. The van der Waals surface area contributed by atoms with Crippen LogP contribution in [-0.4, -0.2) is 23.5 Å². The molecule has 1 fully saturated rings. The van der Waals surface area contributed by atoms with E-state index in [1.54, 1.807) is 12.3 Å². The fraction of sp³-hybridized carbons (Fsp3) is 0.538. The van der Waals surface area contributed by atoms with E-state index < -0.39 is 0 Å². The van der Waals surface area contributed by atoms with Crippen LogP contribution in [0.15, 0.2) is 18.3 Å². The average molecular weight is 233 g/mol. The second-order valence-electron chi connectivity index (χ2n) is 4.46.